The van der Waals surface area contributed by atoms with Gasteiger partial charge in [0.05, 0.1) is 11.3 Å². The zero-order chi connectivity index (χ0) is 13.6. The molecule has 1 aromatic carbocycles. The van der Waals surface area contributed by atoms with Crippen molar-refractivity contribution in [2.24, 2.45) is 0 Å². The summed E-state index contributed by atoms with van der Waals surface area (Å²) in [6, 6.07) is 6.41. The van der Waals surface area contributed by atoms with Crippen LogP contribution >= 0.6 is 0 Å². The molecule has 0 radical (unpaired) electrons. The highest BCUT2D eigenvalue weighted by molar-refractivity contribution is 7.90. The maximum absolute atomic E-state index is 11.7. The van der Waals surface area contributed by atoms with E-state index in [1.165, 1.54) is 13.1 Å². The topological polar surface area (TPSA) is 87.3 Å². The molecule has 3 N–H and O–H groups in total. The van der Waals surface area contributed by atoms with Crippen LogP contribution in [0.3, 0.4) is 0 Å². The lowest BCUT2D eigenvalue weighted by Gasteiger charge is -2.11. The highest BCUT2D eigenvalue weighted by Crippen LogP contribution is 2.15. The molecule has 0 aromatic heterocycles. The van der Waals surface area contributed by atoms with Gasteiger partial charge in [0, 0.05) is 13.6 Å². The van der Waals surface area contributed by atoms with Crippen LogP contribution in [0.5, 0.6) is 0 Å². The predicted octanol–water partition coefficient (Wildman–Crippen LogP) is 0.702. The van der Waals surface area contributed by atoms with Crippen molar-refractivity contribution in [3.8, 4) is 0 Å². The number of para-hydroxylation sites is 1. The Kier molecular flexibility index (Phi) is 5.11. The average molecular weight is 271 g/mol. The molecule has 0 aliphatic rings. The Morgan fingerprint density at radius 1 is 1.28 bits per heavy atom. The van der Waals surface area contributed by atoms with Gasteiger partial charge < -0.3 is 5.32 Å². The summed E-state index contributed by atoms with van der Waals surface area (Å²) in [5, 5.41) is 2.46. The number of nitrogens with one attached hydrogen (secondary N) is 3. The number of carbonyl (C=O) groups excluding carboxylic acids is 1. The zero-order valence-corrected chi connectivity index (χ0v) is 11.2. The molecule has 0 saturated heterocycles. The van der Waals surface area contributed by atoms with E-state index in [0.29, 0.717) is 13.0 Å². The van der Waals surface area contributed by atoms with Gasteiger partial charge in [-0.05, 0) is 18.6 Å². The highest BCUT2D eigenvalue weighted by atomic mass is 32.2. The normalized spacial score (nSPS) is 11.0. The van der Waals surface area contributed by atoms with Gasteiger partial charge in [-0.2, -0.15) is 13.1 Å². The van der Waals surface area contributed by atoms with Crippen LogP contribution in [0.1, 0.15) is 23.7 Å². The van der Waals surface area contributed by atoms with Crippen molar-refractivity contribution in [3.63, 3.8) is 0 Å². The van der Waals surface area contributed by atoms with Gasteiger partial charge in [-0.25, -0.2) is 0 Å². The zero-order valence-electron chi connectivity index (χ0n) is 10.4. The van der Waals surface area contributed by atoms with Crippen molar-refractivity contribution >= 4 is 21.8 Å². The molecule has 0 fully saturated rings. The number of hydrogen-bond donors (Lipinski definition) is 3. The maximum Gasteiger partial charge on any atom is 0.299 e. The summed E-state index contributed by atoms with van der Waals surface area (Å²) >= 11 is 0. The minimum atomic E-state index is -3.64. The number of benzene rings is 1. The van der Waals surface area contributed by atoms with Crippen LogP contribution in [0.2, 0.25) is 0 Å². The first-order chi connectivity index (χ1) is 8.50. The minimum Gasteiger partial charge on any atom is -0.355 e. The molecular weight excluding hydrogens is 254 g/mol. The third-order valence-corrected chi connectivity index (χ3v) is 3.26. The predicted molar refractivity (Wildman–Crippen MR) is 70.7 cm³/mol. The Bertz CT molecular complexity index is 514. The van der Waals surface area contributed by atoms with E-state index in [-0.39, 0.29) is 17.2 Å². The SMILES string of the molecule is CCCNS(=O)(=O)Nc1ccccc1C(=O)NC. The maximum atomic E-state index is 11.7. The summed E-state index contributed by atoms with van der Waals surface area (Å²) in [4.78, 5) is 11.6. The van der Waals surface area contributed by atoms with Gasteiger partial charge in [-0.15, -0.1) is 0 Å². The van der Waals surface area contributed by atoms with E-state index in [4.69, 9.17) is 0 Å². The molecule has 1 aromatic rings. The van der Waals surface area contributed by atoms with E-state index in [0.717, 1.165) is 0 Å². The first kappa shape index (κ1) is 14.5. The van der Waals surface area contributed by atoms with Crippen molar-refractivity contribution in [2.75, 3.05) is 18.3 Å². The van der Waals surface area contributed by atoms with E-state index in [2.05, 4.69) is 14.8 Å². The van der Waals surface area contributed by atoms with Gasteiger partial charge >= 0.3 is 0 Å². The van der Waals surface area contributed by atoms with Crippen molar-refractivity contribution in [1.29, 1.82) is 0 Å². The number of anilines is 1. The third-order valence-electron chi connectivity index (χ3n) is 2.19. The fourth-order valence-corrected chi connectivity index (χ4v) is 2.33. The smallest absolute Gasteiger partial charge is 0.299 e. The number of carbonyl (C=O) groups is 1. The van der Waals surface area contributed by atoms with Crippen LogP contribution in [0.25, 0.3) is 0 Å². The monoisotopic (exact) mass is 271 g/mol. The summed E-state index contributed by atoms with van der Waals surface area (Å²) in [6.07, 6.45) is 0.692. The standard InChI is InChI=1S/C11H17N3O3S/c1-3-8-13-18(16,17)14-10-7-5-4-6-9(10)11(15)12-2/h4-7,13-14H,3,8H2,1-2H3,(H,12,15). The molecule has 0 heterocycles. The minimum absolute atomic E-state index is 0.250. The van der Waals surface area contributed by atoms with Crippen molar-refractivity contribution in [3.05, 3.63) is 29.8 Å². The van der Waals surface area contributed by atoms with Gasteiger partial charge in [0.1, 0.15) is 0 Å². The largest absolute Gasteiger partial charge is 0.355 e. The van der Waals surface area contributed by atoms with Crippen LogP contribution in [0.15, 0.2) is 24.3 Å². The molecule has 0 atom stereocenters. The lowest BCUT2D eigenvalue weighted by molar-refractivity contribution is 0.0964. The quantitative estimate of drug-likeness (QED) is 0.712. The molecule has 0 bridgehead atoms. The average Bonchev–Trinajstić information content (AvgIpc) is 2.36. The van der Waals surface area contributed by atoms with E-state index in [9.17, 15) is 13.2 Å². The molecule has 0 saturated carbocycles. The summed E-state index contributed by atoms with van der Waals surface area (Å²) < 4.78 is 28.0. The summed E-state index contributed by atoms with van der Waals surface area (Å²) in [6.45, 7) is 2.21. The summed E-state index contributed by atoms with van der Waals surface area (Å²) in [5.74, 6) is -0.344. The van der Waals surface area contributed by atoms with E-state index < -0.39 is 10.2 Å². The molecule has 100 valence electrons. The number of amides is 1. The Labute approximate surface area is 107 Å². The van der Waals surface area contributed by atoms with Crippen LogP contribution < -0.4 is 14.8 Å². The molecule has 1 rings (SSSR count). The Balaban J connectivity index is 2.94. The van der Waals surface area contributed by atoms with E-state index in [1.807, 2.05) is 6.92 Å². The van der Waals surface area contributed by atoms with Gasteiger partial charge in [-0.1, -0.05) is 19.1 Å². The summed E-state index contributed by atoms with van der Waals surface area (Å²) in [7, 11) is -2.15. The Morgan fingerprint density at radius 2 is 1.94 bits per heavy atom. The molecular formula is C11H17N3O3S. The molecule has 0 aliphatic heterocycles. The second kappa shape index (κ2) is 6.36. The molecule has 0 unspecified atom stereocenters. The Hall–Kier alpha value is -1.60. The number of hydrogen-bond acceptors (Lipinski definition) is 3. The van der Waals surface area contributed by atoms with E-state index >= 15 is 0 Å². The first-order valence-corrected chi connectivity index (χ1v) is 7.07. The van der Waals surface area contributed by atoms with E-state index in [1.54, 1.807) is 18.2 Å². The number of rotatable bonds is 6. The van der Waals surface area contributed by atoms with Crippen LogP contribution in [0, 0.1) is 0 Å². The van der Waals surface area contributed by atoms with Gasteiger partial charge in [0.2, 0.25) is 0 Å². The first-order valence-electron chi connectivity index (χ1n) is 5.58. The Morgan fingerprint density at radius 3 is 2.56 bits per heavy atom. The summed E-state index contributed by atoms with van der Waals surface area (Å²) in [5.41, 5.74) is 0.530. The van der Waals surface area contributed by atoms with Gasteiger partial charge in [0.15, 0.2) is 0 Å². The molecule has 18 heavy (non-hydrogen) atoms. The highest BCUT2D eigenvalue weighted by Gasteiger charge is 2.14. The van der Waals surface area contributed by atoms with Gasteiger partial charge in [-0.3, -0.25) is 9.52 Å². The fourth-order valence-electron chi connectivity index (χ4n) is 1.32. The second-order valence-corrected chi connectivity index (χ2v) is 5.12. The molecule has 6 nitrogen and oxygen atoms in total. The molecule has 7 heteroatoms. The van der Waals surface area contributed by atoms with Crippen molar-refractivity contribution in [2.45, 2.75) is 13.3 Å². The second-order valence-electron chi connectivity index (χ2n) is 3.62. The van der Waals surface area contributed by atoms with Crippen LogP contribution in [0.4, 0.5) is 5.69 Å². The lowest BCUT2D eigenvalue weighted by atomic mass is 10.2. The fraction of sp³-hybridized carbons (Fsp3) is 0.364. The third kappa shape index (κ3) is 4.01. The van der Waals surface area contributed by atoms with Crippen LogP contribution in [-0.2, 0) is 10.2 Å². The van der Waals surface area contributed by atoms with Crippen LogP contribution in [-0.4, -0.2) is 27.9 Å². The van der Waals surface area contributed by atoms with Gasteiger partial charge in [0.25, 0.3) is 16.1 Å². The molecule has 0 spiro atoms. The molecule has 0 aliphatic carbocycles. The lowest BCUT2D eigenvalue weighted by Crippen LogP contribution is -2.31. The molecule has 1 amide bonds. The van der Waals surface area contributed by atoms with Crippen molar-refractivity contribution in [1.82, 2.24) is 10.0 Å². The van der Waals surface area contributed by atoms with Crippen molar-refractivity contribution < 1.29 is 13.2 Å².